The van der Waals surface area contributed by atoms with E-state index in [9.17, 15) is 13.6 Å². The zero-order chi connectivity index (χ0) is 15.3. The molecule has 1 aromatic carbocycles. The third-order valence-corrected chi connectivity index (χ3v) is 3.75. The zero-order valence-electron chi connectivity index (χ0n) is 12.4. The normalized spacial score (nSPS) is 17.0. The first kappa shape index (κ1) is 15.9. The minimum absolute atomic E-state index is 0.0673. The topological polar surface area (TPSA) is 23.6 Å². The minimum Gasteiger partial charge on any atom is -0.340 e. The number of benzene rings is 1. The molecule has 0 N–H and O–H groups in total. The molecule has 3 nitrogen and oxygen atoms in total. The Bertz CT molecular complexity index is 451. The standard InChI is InChI=1S/C16H22F2N2O/c1-16(17,18)8-7-15(21)20-11-9-19(10-12-20)13-14-5-3-2-4-6-14/h2-6H,7-13H2,1H3. The molecule has 0 radical (unpaired) electrons. The number of piperazine rings is 1. The molecule has 1 aliphatic heterocycles. The molecule has 1 fully saturated rings. The van der Waals surface area contributed by atoms with Gasteiger partial charge in [0.15, 0.2) is 0 Å². The molecule has 0 atom stereocenters. The highest BCUT2D eigenvalue weighted by molar-refractivity contribution is 5.76. The van der Waals surface area contributed by atoms with E-state index in [-0.39, 0.29) is 18.7 Å². The van der Waals surface area contributed by atoms with Gasteiger partial charge in [0, 0.05) is 45.6 Å². The fourth-order valence-corrected chi connectivity index (χ4v) is 2.48. The summed E-state index contributed by atoms with van der Waals surface area (Å²) in [7, 11) is 0. The van der Waals surface area contributed by atoms with Crippen LogP contribution in [0.25, 0.3) is 0 Å². The van der Waals surface area contributed by atoms with E-state index in [1.54, 1.807) is 4.90 Å². The fraction of sp³-hybridized carbons (Fsp3) is 0.562. The maximum Gasteiger partial charge on any atom is 0.245 e. The summed E-state index contributed by atoms with van der Waals surface area (Å²) >= 11 is 0. The van der Waals surface area contributed by atoms with Crippen molar-refractivity contribution in [2.75, 3.05) is 26.2 Å². The highest BCUT2D eigenvalue weighted by Crippen LogP contribution is 2.19. The fourth-order valence-electron chi connectivity index (χ4n) is 2.48. The van der Waals surface area contributed by atoms with Gasteiger partial charge in [-0.2, -0.15) is 0 Å². The van der Waals surface area contributed by atoms with E-state index < -0.39 is 5.92 Å². The highest BCUT2D eigenvalue weighted by atomic mass is 19.3. The summed E-state index contributed by atoms with van der Waals surface area (Å²) < 4.78 is 25.6. The van der Waals surface area contributed by atoms with Crippen LogP contribution < -0.4 is 0 Å². The molecule has 116 valence electrons. The number of hydrogen-bond donors (Lipinski definition) is 0. The number of nitrogens with zero attached hydrogens (tertiary/aromatic N) is 2. The molecule has 0 bridgehead atoms. The van der Waals surface area contributed by atoms with E-state index in [0.29, 0.717) is 13.1 Å². The van der Waals surface area contributed by atoms with Gasteiger partial charge in [0.05, 0.1) is 0 Å². The van der Waals surface area contributed by atoms with E-state index in [0.717, 1.165) is 26.6 Å². The molecule has 1 aliphatic rings. The lowest BCUT2D eigenvalue weighted by molar-refractivity contribution is -0.134. The van der Waals surface area contributed by atoms with Crippen molar-refractivity contribution in [2.45, 2.75) is 32.2 Å². The summed E-state index contributed by atoms with van der Waals surface area (Å²) in [6.45, 7) is 4.57. The molecule has 5 heteroatoms. The van der Waals surface area contributed by atoms with Gasteiger partial charge in [-0.25, -0.2) is 8.78 Å². The lowest BCUT2D eigenvalue weighted by Crippen LogP contribution is -2.48. The molecule has 0 unspecified atom stereocenters. The number of amides is 1. The Morgan fingerprint density at radius 1 is 1.14 bits per heavy atom. The van der Waals surface area contributed by atoms with Crippen LogP contribution in [-0.2, 0) is 11.3 Å². The summed E-state index contributed by atoms with van der Waals surface area (Å²) in [4.78, 5) is 15.9. The Morgan fingerprint density at radius 2 is 1.76 bits per heavy atom. The van der Waals surface area contributed by atoms with E-state index in [2.05, 4.69) is 17.0 Å². The van der Waals surface area contributed by atoms with Crippen molar-refractivity contribution in [3.8, 4) is 0 Å². The molecular formula is C16H22F2N2O. The first-order valence-electron chi connectivity index (χ1n) is 7.36. The first-order chi connectivity index (χ1) is 9.94. The molecule has 1 aromatic rings. The Balaban J connectivity index is 1.74. The second-order valence-corrected chi connectivity index (χ2v) is 5.71. The summed E-state index contributed by atoms with van der Waals surface area (Å²) in [6, 6.07) is 10.2. The van der Waals surface area contributed by atoms with Crippen molar-refractivity contribution in [1.82, 2.24) is 9.80 Å². The van der Waals surface area contributed by atoms with Crippen LogP contribution in [0.15, 0.2) is 30.3 Å². The van der Waals surface area contributed by atoms with E-state index in [1.807, 2.05) is 18.2 Å². The predicted octanol–water partition coefficient (Wildman–Crippen LogP) is 2.77. The maximum absolute atomic E-state index is 12.8. The number of carbonyl (C=O) groups is 1. The largest absolute Gasteiger partial charge is 0.340 e. The summed E-state index contributed by atoms with van der Waals surface area (Å²) in [6.07, 6.45) is -0.432. The van der Waals surface area contributed by atoms with Crippen molar-refractivity contribution < 1.29 is 13.6 Å². The molecule has 2 rings (SSSR count). The lowest BCUT2D eigenvalue weighted by atomic mass is 10.1. The number of carbonyl (C=O) groups excluding carboxylic acids is 1. The Labute approximate surface area is 124 Å². The van der Waals surface area contributed by atoms with Gasteiger partial charge in [-0.15, -0.1) is 0 Å². The second-order valence-electron chi connectivity index (χ2n) is 5.71. The quantitative estimate of drug-likeness (QED) is 0.834. The molecule has 1 heterocycles. The van der Waals surface area contributed by atoms with Crippen LogP contribution >= 0.6 is 0 Å². The third kappa shape index (κ3) is 5.42. The van der Waals surface area contributed by atoms with Gasteiger partial charge in [-0.3, -0.25) is 9.69 Å². The molecule has 0 aliphatic carbocycles. The molecule has 21 heavy (non-hydrogen) atoms. The number of alkyl halides is 2. The number of hydrogen-bond acceptors (Lipinski definition) is 2. The molecular weight excluding hydrogens is 274 g/mol. The SMILES string of the molecule is CC(F)(F)CCC(=O)N1CCN(Cc2ccccc2)CC1. The van der Waals surface area contributed by atoms with Crippen molar-refractivity contribution >= 4 is 5.91 Å². The zero-order valence-corrected chi connectivity index (χ0v) is 12.4. The smallest absolute Gasteiger partial charge is 0.245 e. The molecule has 0 saturated carbocycles. The highest BCUT2D eigenvalue weighted by Gasteiger charge is 2.26. The van der Waals surface area contributed by atoms with Crippen molar-refractivity contribution in [2.24, 2.45) is 0 Å². The second kappa shape index (κ2) is 6.98. The minimum atomic E-state index is -2.76. The van der Waals surface area contributed by atoms with Crippen LogP contribution in [-0.4, -0.2) is 47.8 Å². The van der Waals surface area contributed by atoms with Gasteiger partial charge in [-0.1, -0.05) is 30.3 Å². The van der Waals surface area contributed by atoms with Crippen molar-refractivity contribution in [3.63, 3.8) is 0 Å². The summed E-state index contributed by atoms with van der Waals surface area (Å²) in [5, 5.41) is 0. The third-order valence-electron chi connectivity index (χ3n) is 3.75. The average Bonchev–Trinajstić information content (AvgIpc) is 2.46. The van der Waals surface area contributed by atoms with Crippen LogP contribution in [0.4, 0.5) is 8.78 Å². The van der Waals surface area contributed by atoms with Crippen LogP contribution in [0, 0.1) is 0 Å². The van der Waals surface area contributed by atoms with Gasteiger partial charge in [0.2, 0.25) is 11.8 Å². The Morgan fingerprint density at radius 3 is 2.33 bits per heavy atom. The van der Waals surface area contributed by atoms with E-state index in [4.69, 9.17) is 0 Å². The monoisotopic (exact) mass is 296 g/mol. The van der Waals surface area contributed by atoms with Crippen LogP contribution in [0.2, 0.25) is 0 Å². The Kier molecular flexibility index (Phi) is 5.28. The predicted molar refractivity (Wildman–Crippen MR) is 78.2 cm³/mol. The lowest BCUT2D eigenvalue weighted by Gasteiger charge is -2.35. The molecule has 1 amide bonds. The molecule has 1 saturated heterocycles. The van der Waals surface area contributed by atoms with Crippen LogP contribution in [0.1, 0.15) is 25.3 Å². The molecule has 0 aromatic heterocycles. The van der Waals surface area contributed by atoms with Crippen LogP contribution in [0.3, 0.4) is 0 Å². The Hall–Kier alpha value is -1.49. The van der Waals surface area contributed by atoms with E-state index in [1.165, 1.54) is 5.56 Å². The maximum atomic E-state index is 12.8. The van der Waals surface area contributed by atoms with Gasteiger partial charge in [0.1, 0.15) is 0 Å². The summed E-state index contributed by atoms with van der Waals surface area (Å²) in [5.41, 5.74) is 1.25. The van der Waals surface area contributed by atoms with Gasteiger partial charge < -0.3 is 4.90 Å². The molecule has 0 spiro atoms. The van der Waals surface area contributed by atoms with Crippen LogP contribution in [0.5, 0.6) is 0 Å². The first-order valence-corrected chi connectivity index (χ1v) is 7.36. The number of halogens is 2. The van der Waals surface area contributed by atoms with Crippen molar-refractivity contribution in [1.29, 1.82) is 0 Å². The summed E-state index contributed by atoms with van der Waals surface area (Å²) in [5.74, 6) is -2.92. The van der Waals surface area contributed by atoms with Gasteiger partial charge in [-0.05, 0) is 12.5 Å². The van der Waals surface area contributed by atoms with E-state index >= 15 is 0 Å². The van der Waals surface area contributed by atoms with Gasteiger partial charge in [0.25, 0.3) is 0 Å². The van der Waals surface area contributed by atoms with Gasteiger partial charge >= 0.3 is 0 Å². The number of rotatable bonds is 5. The average molecular weight is 296 g/mol. The van der Waals surface area contributed by atoms with Crippen molar-refractivity contribution in [3.05, 3.63) is 35.9 Å².